The summed E-state index contributed by atoms with van der Waals surface area (Å²) in [5.74, 6) is 0.292. The number of aryl methyl sites for hydroxylation is 1. The second-order valence-corrected chi connectivity index (χ2v) is 10.8. The number of aliphatic hydroxyl groups is 1. The Balaban J connectivity index is 1.53. The molecule has 220 valence electrons. The third-order valence-electron chi connectivity index (χ3n) is 7.28. The summed E-state index contributed by atoms with van der Waals surface area (Å²) in [4.78, 5) is 28.6. The number of nitrogens with zero attached hydrogens (tertiary/aromatic N) is 1. The van der Waals surface area contributed by atoms with Crippen molar-refractivity contribution in [3.63, 3.8) is 0 Å². The average Bonchev–Trinajstić information content (AvgIpc) is 3.25. The van der Waals surface area contributed by atoms with Gasteiger partial charge in [-0.1, -0.05) is 54.6 Å². The van der Waals surface area contributed by atoms with Crippen molar-refractivity contribution < 1.29 is 28.9 Å². The molecule has 5 rings (SSSR count). The monoisotopic (exact) mass is 577 g/mol. The second kappa shape index (κ2) is 12.9. The lowest BCUT2D eigenvalue weighted by molar-refractivity contribution is -0.140. The highest BCUT2D eigenvalue weighted by Gasteiger charge is 2.46. The van der Waals surface area contributed by atoms with Crippen molar-refractivity contribution in [1.82, 2.24) is 4.90 Å². The van der Waals surface area contributed by atoms with E-state index in [0.717, 1.165) is 16.7 Å². The molecule has 1 heterocycles. The first-order chi connectivity index (χ1) is 20.7. The van der Waals surface area contributed by atoms with Gasteiger partial charge >= 0.3 is 0 Å². The van der Waals surface area contributed by atoms with Crippen LogP contribution in [0.25, 0.3) is 5.76 Å². The Hall–Kier alpha value is -5.04. The molecule has 0 aromatic heterocycles. The van der Waals surface area contributed by atoms with E-state index in [1.807, 2.05) is 99.6 Å². The molecule has 1 fully saturated rings. The highest BCUT2D eigenvalue weighted by molar-refractivity contribution is 6.46. The van der Waals surface area contributed by atoms with E-state index in [9.17, 15) is 14.7 Å². The van der Waals surface area contributed by atoms with Crippen LogP contribution in [0.2, 0.25) is 0 Å². The molecule has 7 heteroatoms. The number of hydrogen-bond acceptors (Lipinski definition) is 6. The topological polar surface area (TPSA) is 85.3 Å². The average molecular weight is 578 g/mol. The largest absolute Gasteiger partial charge is 0.507 e. The van der Waals surface area contributed by atoms with Gasteiger partial charge in [-0.25, -0.2) is 0 Å². The SMILES string of the molecule is COc1ccc(CN2C(=O)C(=O)/C(=C(/O)c3ccc(OCc4ccccc4)c(C)c3)C2c2cccc(OC(C)C)c2)cc1. The highest BCUT2D eigenvalue weighted by Crippen LogP contribution is 2.41. The third-order valence-corrected chi connectivity index (χ3v) is 7.28. The first kappa shape index (κ1) is 29.5. The van der Waals surface area contributed by atoms with Crippen LogP contribution in [0.4, 0.5) is 0 Å². The Bertz CT molecular complexity index is 1640. The maximum atomic E-state index is 13.6. The van der Waals surface area contributed by atoms with Crippen LogP contribution >= 0.6 is 0 Å². The molecule has 0 spiro atoms. The molecule has 43 heavy (non-hydrogen) atoms. The van der Waals surface area contributed by atoms with Gasteiger partial charge in [0.15, 0.2) is 0 Å². The van der Waals surface area contributed by atoms with Crippen LogP contribution in [-0.2, 0) is 22.7 Å². The van der Waals surface area contributed by atoms with Gasteiger partial charge in [-0.05, 0) is 85.5 Å². The maximum Gasteiger partial charge on any atom is 0.295 e. The van der Waals surface area contributed by atoms with E-state index in [0.29, 0.717) is 35.0 Å². The number of ether oxygens (including phenoxy) is 3. The number of ketones is 1. The summed E-state index contributed by atoms with van der Waals surface area (Å²) in [6, 6.07) is 28.9. The van der Waals surface area contributed by atoms with E-state index in [4.69, 9.17) is 14.2 Å². The van der Waals surface area contributed by atoms with E-state index in [1.165, 1.54) is 4.90 Å². The summed E-state index contributed by atoms with van der Waals surface area (Å²) in [5, 5.41) is 11.6. The first-order valence-corrected chi connectivity index (χ1v) is 14.2. The van der Waals surface area contributed by atoms with Gasteiger partial charge in [-0.2, -0.15) is 0 Å². The van der Waals surface area contributed by atoms with E-state index in [1.54, 1.807) is 25.3 Å². The van der Waals surface area contributed by atoms with Gasteiger partial charge < -0.3 is 24.2 Å². The van der Waals surface area contributed by atoms with Crippen molar-refractivity contribution in [1.29, 1.82) is 0 Å². The zero-order valence-corrected chi connectivity index (χ0v) is 24.7. The molecule has 1 aliphatic rings. The Morgan fingerprint density at radius 3 is 2.28 bits per heavy atom. The number of carbonyl (C=O) groups is 2. The predicted octanol–water partition coefficient (Wildman–Crippen LogP) is 6.99. The summed E-state index contributed by atoms with van der Waals surface area (Å²) < 4.78 is 17.2. The molecular formula is C36H35NO6. The van der Waals surface area contributed by atoms with E-state index in [-0.39, 0.29) is 24.0 Å². The van der Waals surface area contributed by atoms with Crippen LogP contribution in [0.1, 0.15) is 47.7 Å². The number of Topliss-reactive ketones (excluding diaryl/α,β-unsaturated/α-hetero) is 1. The van der Waals surface area contributed by atoms with Crippen LogP contribution in [0.3, 0.4) is 0 Å². The minimum absolute atomic E-state index is 0.0255. The van der Waals surface area contributed by atoms with Crippen molar-refractivity contribution >= 4 is 17.4 Å². The molecule has 1 amide bonds. The highest BCUT2D eigenvalue weighted by atomic mass is 16.5. The first-order valence-electron chi connectivity index (χ1n) is 14.2. The lowest BCUT2D eigenvalue weighted by Crippen LogP contribution is -2.29. The summed E-state index contributed by atoms with van der Waals surface area (Å²) in [5.41, 5.74) is 3.75. The number of likely N-dealkylation sites (tertiary alicyclic amines) is 1. The number of rotatable bonds is 10. The molecule has 4 aromatic carbocycles. The van der Waals surface area contributed by atoms with Crippen molar-refractivity contribution in [3.05, 3.63) is 130 Å². The van der Waals surface area contributed by atoms with Crippen LogP contribution in [-0.4, -0.2) is 34.9 Å². The van der Waals surface area contributed by atoms with E-state index in [2.05, 4.69) is 0 Å². The molecule has 1 saturated heterocycles. The van der Waals surface area contributed by atoms with Crippen LogP contribution < -0.4 is 14.2 Å². The van der Waals surface area contributed by atoms with Crippen molar-refractivity contribution in [2.24, 2.45) is 0 Å². The van der Waals surface area contributed by atoms with Gasteiger partial charge in [0, 0.05) is 12.1 Å². The lowest BCUT2D eigenvalue weighted by atomic mass is 9.94. The molecule has 0 bridgehead atoms. The van der Waals surface area contributed by atoms with Gasteiger partial charge in [0.1, 0.15) is 29.6 Å². The van der Waals surface area contributed by atoms with Gasteiger partial charge in [-0.15, -0.1) is 0 Å². The van der Waals surface area contributed by atoms with Crippen LogP contribution in [0.15, 0.2) is 103 Å². The number of benzene rings is 4. The number of methoxy groups -OCH3 is 1. The fourth-order valence-electron chi connectivity index (χ4n) is 5.20. The van der Waals surface area contributed by atoms with Gasteiger partial charge in [0.2, 0.25) is 0 Å². The van der Waals surface area contributed by atoms with Gasteiger partial charge in [-0.3, -0.25) is 9.59 Å². The fourth-order valence-corrected chi connectivity index (χ4v) is 5.20. The van der Waals surface area contributed by atoms with E-state index < -0.39 is 17.7 Å². The summed E-state index contributed by atoms with van der Waals surface area (Å²) in [7, 11) is 1.59. The Morgan fingerprint density at radius 1 is 0.860 bits per heavy atom. The fraction of sp³-hybridized carbons (Fsp3) is 0.222. The molecule has 7 nitrogen and oxygen atoms in total. The van der Waals surface area contributed by atoms with Crippen LogP contribution in [0, 0.1) is 6.92 Å². The Kier molecular flexibility index (Phi) is 8.81. The summed E-state index contributed by atoms with van der Waals surface area (Å²) in [6.45, 7) is 6.30. The number of aliphatic hydroxyl groups excluding tert-OH is 1. The maximum absolute atomic E-state index is 13.6. The van der Waals surface area contributed by atoms with E-state index >= 15 is 0 Å². The summed E-state index contributed by atoms with van der Waals surface area (Å²) >= 11 is 0. The molecule has 4 aromatic rings. The molecule has 0 radical (unpaired) electrons. The quantitative estimate of drug-likeness (QED) is 0.124. The third kappa shape index (κ3) is 6.56. The standard InChI is InChI=1S/C36H35NO6/c1-23(2)43-30-12-8-11-27(20-30)33-32(35(39)36(40)37(33)21-25-13-16-29(41-4)17-14-25)34(38)28-15-18-31(24(3)19-28)42-22-26-9-6-5-7-10-26/h5-20,23,33,38H,21-22H2,1-4H3/b34-32+. The zero-order chi connectivity index (χ0) is 30.5. The zero-order valence-electron chi connectivity index (χ0n) is 24.7. The number of amides is 1. The van der Waals surface area contributed by atoms with Crippen molar-refractivity contribution in [3.8, 4) is 17.2 Å². The van der Waals surface area contributed by atoms with Gasteiger partial charge in [0.05, 0.1) is 24.8 Å². The van der Waals surface area contributed by atoms with Crippen LogP contribution in [0.5, 0.6) is 17.2 Å². The van der Waals surface area contributed by atoms with Crippen molar-refractivity contribution in [2.75, 3.05) is 7.11 Å². The molecule has 1 N–H and O–H groups in total. The smallest absolute Gasteiger partial charge is 0.295 e. The van der Waals surface area contributed by atoms with Gasteiger partial charge in [0.25, 0.3) is 11.7 Å². The Morgan fingerprint density at radius 2 is 1.60 bits per heavy atom. The number of hydrogen-bond donors (Lipinski definition) is 1. The second-order valence-electron chi connectivity index (χ2n) is 10.8. The molecular weight excluding hydrogens is 542 g/mol. The summed E-state index contributed by atoms with van der Waals surface area (Å²) in [6.07, 6.45) is -0.0634. The molecule has 1 unspecified atom stereocenters. The number of carbonyl (C=O) groups excluding carboxylic acids is 2. The van der Waals surface area contributed by atoms with Crippen molar-refractivity contribution in [2.45, 2.75) is 46.1 Å². The molecule has 1 atom stereocenters. The predicted molar refractivity (Wildman–Crippen MR) is 165 cm³/mol. The molecule has 1 aliphatic heterocycles. The lowest BCUT2D eigenvalue weighted by Gasteiger charge is -2.26. The molecule has 0 aliphatic carbocycles. The molecule has 0 saturated carbocycles. The normalized spacial score (nSPS) is 16.0. The Labute approximate surface area is 252 Å². The minimum atomic E-state index is -0.827. The minimum Gasteiger partial charge on any atom is -0.507 e.